The summed E-state index contributed by atoms with van der Waals surface area (Å²) in [6.45, 7) is 4.05. The molecular formula is C23H25N5O4. The van der Waals surface area contributed by atoms with Crippen molar-refractivity contribution in [1.29, 1.82) is 0 Å². The maximum atomic E-state index is 11.2. The lowest BCUT2D eigenvalue weighted by atomic mass is 10.1. The van der Waals surface area contributed by atoms with Crippen LogP contribution in [0.25, 0.3) is 0 Å². The van der Waals surface area contributed by atoms with Crippen LogP contribution in [-0.2, 0) is 0 Å². The molecule has 1 aliphatic heterocycles. The molecule has 1 unspecified atom stereocenters. The van der Waals surface area contributed by atoms with Crippen molar-refractivity contribution in [3.8, 4) is 11.5 Å². The Morgan fingerprint density at radius 2 is 2.06 bits per heavy atom. The number of carbonyl (C=O) groups is 1. The van der Waals surface area contributed by atoms with Gasteiger partial charge in [0.25, 0.3) is 0 Å². The van der Waals surface area contributed by atoms with Crippen molar-refractivity contribution in [2.24, 2.45) is 0 Å². The number of carboxylic acids is 1. The number of ether oxygens (including phenoxy) is 2. The number of aromatic carboxylic acids is 1. The van der Waals surface area contributed by atoms with Gasteiger partial charge in [0.2, 0.25) is 0 Å². The van der Waals surface area contributed by atoms with Crippen LogP contribution in [0.3, 0.4) is 0 Å². The first kappa shape index (κ1) is 21.4. The van der Waals surface area contributed by atoms with Crippen molar-refractivity contribution in [2.45, 2.75) is 25.9 Å². The predicted molar refractivity (Wildman–Crippen MR) is 120 cm³/mol. The van der Waals surface area contributed by atoms with E-state index < -0.39 is 5.97 Å². The molecule has 3 heterocycles. The number of pyridine rings is 1. The molecule has 2 aromatic heterocycles. The second kappa shape index (κ2) is 9.95. The van der Waals surface area contributed by atoms with Crippen molar-refractivity contribution in [2.75, 3.05) is 29.9 Å². The van der Waals surface area contributed by atoms with E-state index in [9.17, 15) is 4.79 Å². The fourth-order valence-corrected chi connectivity index (χ4v) is 3.58. The molecule has 2 N–H and O–H groups in total. The smallest absolute Gasteiger partial charge is 0.335 e. The van der Waals surface area contributed by atoms with Crippen molar-refractivity contribution < 1.29 is 19.4 Å². The van der Waals surface area contributed by atoms with Gasteiger partial charge in [-0.3, -0.25) is 4.98 Å². The Morgan fingerprint density at radius 3 is 2.88 bits per heavy atom. The summed E-state index contributed by atoms with van der Waals surface area (Å²) in [5.74, 6) is 2.07. The molecule has 32 heavy (non-hydrogen) atoms. The minimum Gasteiger partial charge on any atom is -0.490 e. The zero-order valence-corrected chi connectivity index (χ0v) is 17.8. The van der Waals surface area contributed by atoms with Gasteiger partial charge in [-0.15, -0.1) is 0 Å². The lowest BCUT2D eigenvalue weighted by Gasteiger charge is -2.33. The monoisotopic (exact) mass is 435 g/mol. The molecule has 1 fully saturated rings. The fourth-order valence-electron chi connectivity index (χ4n) is 3.58. The van der Waals surface area contributed by atoms with Crippen LogP contribution in [0.5, 0.6) is 11.5 Å². The maximum absolute atomic E-state index is 11.2. The summed E-state index contributed by atoms with van der Waals surface area (Å²) in [5, 5.41) is 12.2. The molecule has 166 valence electrons. The van der Waals surface area contributed by atoms with Crippen LogP contribution < -0.4 is 19.7 Å². The third-order valence-corrected chi connectivity index (χ3v) is 5.03. The van der Waals surface area contributed by atoms with Crippen molar-refractivity contribution in [3.05, 3.63) is 60.6 Å². The first-order valence-electron chi connectivity index (χ1n) is 10.5. The summed E-state index contributed by atoms with van der Waals surface area (Å²) in [4.78, 5) is 26.4. The number of nitrogens with zero attached hydrogens (tertiary/aromatic N) is 4. The van der Waals surface area contributed by atoms with Crippen LogP contribution in [0.4, 0.5) is 17.5 Å². The molecule has 0 spiro atoms. The Bertz CT molecular complexity index is 1080. The van der Waals surface area contributed by atoms with Crippen LogP contribution in [0.15, 0.2) is 55.0 Å². The topological polar surface area (TPSA) is 110 Å². The Labute approximate surface area is 186 Å². The number of anilines is 3. The van der Waals surface area contributed by atoms with E-state index in [4.69, 9.17) is 14.6 Å². The van der Waals surface area contributed by atoms with Gasteiger partial charge in [-0.25, -0.2) is 14.8 Å². The number of carboxylic acid groups (broad SMARTS) is 1. The Hall–Kier alpha value is -3.88. The lowest BCUT2D eigenvalue weighted by Crippen LogP contribution is -2.41. The molecule has 1 aromatic carbocycles. The van der Waals surface area contributed by atoms with Crippen LogP contribution in [0, 0.1) is 0 Å². The molecule has 0 saturated carbocycles. The molecule has 3 aromatic rings. The van der Waals surface area contributed by atoms with E-state index in [0.717, 1.165) is 36.7 Å². The highest BCUT2D eigenvalue weighted by Crippen LogP contribution is 2.30. The van der Waals surface area contributed by atoms with Crippen LogP contribution >= 0.6 is 0 Å². The number of hydrogen-bond acceptors (Lipinski definition) is 8. The largest absolute Gasteiger partial charge is 0.490 e. The van der Waals surface area contributed by atoms with E-state index in [2.05, 4.69) is 25.2 Å². The van der Waals surface area contributed by atoms with E-state index in [1.165, 1.54) is 18.3 Å². The van der Waals surface area contributed by atoms with Gasteiger partial charge >= 0.3 is 5.97 Å². The van der Waals surface area contributed by atoms with E-state index in [1.54, 1.807) is 12.4 Å². The highest BCUT2D eigenvalue weighted by Gasteiger charge is 2.24. The van der Waals surface area contributed by atoms with Gasteiger partial charge in [0.1, 0.15) is 17.7 Å². The lowest BCUT2D eigenvalue weighted by molar-refractivity contribution is 0.0697. The van der Waals surface area contributed by atoms with Gasteiger partial charge in [-0.2, -0.15) is 0 Å². The molecule has 4 rings (SSSR count). The first-order chi connectivity index (χ1) is 15.6. The molecular weight excluding hydrogens is 410 g/mol. The SMILES string of the molecule is CCOc1ccccc1OC1CCCN(c2cncc(Nc3cc(C(=O)O)ccn3)n2)C1. The highest BCUT2D eigenvalue weighted by molar-refractivity contribution is 5.88. The molecule has 9 heteroatoms. The van der Waals surface area contributed by atoms with E-state index in [1.807, 2.05) is 31.2 Å². The zero-order valence-electron chi connectivity index (χ0n) is 17.8. The second-order valence-electron chi connectivity index (χ2n) is 7.33. The van der Waals surface area contributed by atoms with Gasteiger partial charge in [0.15, 0.2) is 17.3 Å². The molecule has 1 atom stereocenters. The Morgan fingerprint density at radius 1 is 1.22 bits per heavy atom. The standard InChI is InChI=1S/C23H25N5O4/c1-2-31-18-7-3-4-8-19(18)32-17-6-5-11-28(15-17)22-14-24-13-21(27-22)26-20-12-16(23(29)30)9-10-25-20/h3-4,7-10,12-14,17H,2,5-6,11,15H2,1H3,(H,29,30)(H,25,26,27). The number of nitrogens with one attached hydrogen (secondary N) is 1. The van der Waals surface area contributed by atoms with Crippen LogP contribution in [0.2, 0.25) is 0 Å². The average Bonchev–Trinajstić information content (AvgIpc) is 2.81. The van der Waals surface area contributed by atoms with E-state index in [-0.39, 0.29) is 11.7 Å². The summed E-state index contributed by atoms with van der Waals surface area (Å²) in [6.07, 6.45) is 6.63. The second-order valence-corrected chi connectivity index (χ2v) is 7.33. The van der Waals surface area contributed by atoms with Gasteiger partial charge in [0, 0.05) is 12.7 Å². The molecule has 0 aliphatic carbocycles. The molecule has 0 radical (unpaired) electrons. The summed E-state index contributed by atoms with van der Waals surface area (Å²) in [7, 11) is 0. The number of para-hydroxylation sites is 2. The number of piperidine rings is 1. The van der Waals surface area contributed by atoms with Crippen LogP contribution in [-0.4, -0.2) is 51.8 Å². The van der Waals surface area contributed by atoms with Gasteiger partial charge in [-0.05, 0) is 44.0 Å². The van der Waals surface area contributed by atoms with Crippen molar-refractivity contribution in [3.63, 3.8) is 0 Å². The maximum Gasteiger partial charge on any atom is 0.335 e. The summed E-state index contributed by atoms with van der Waals surface area (Å²) in [6, 6.07) is 10.6. The van der Waals surface area contributed by atoms with Gasteiger partial charge < -0.3 is 24.8 Å². The molecule has 1 aliphatic rings. The summed E-state index contributed by atoms with van der Waals surface area (Å²) < 4.78 is 11.9. The minimum atomic E-state index is -1.01. The average molecular weight is 435 g/mol. The summed E-state index contributed by atoms with van der Waals surface area (Å²) >= 11 is 0. The molecule has 0 amide bonds. The summed E-state index contributed by atoms with van der Waals surface area (Å²) in [5.41, 5.74) is 0.148. The van der Waals surface area contributed by atoms with Gasteiger partial charge in [0.05, 0.1) is 31.1 Å². The van der Waals surface area contributed by atoms with Gasteiger partial charge in [-0.1, -0.05) is 12.1 Å². The predicted octanol–water partition coefficient (Wildman–Crippen LogP) is 3.76. The first-order valence-corrected chi connectivity index (χ1v) is 10.5. The number of benzene rings is 1. The Kier molecular flexibility index (Phi) is 6.64. The quantitative estimate of drug-likeness (QED) is 0.546. The minimum absolute atomic E-state index is 0.00214. The fraction of sp³-hybridized carbons (Fsp3) is 0.304. The number of rotatable bonds is 8. The third-order valence-electron chi connectivity index (χ3n) is 5.03. The van der Waals surface area contributed by atoms with Crippen molar-refractivity contribution in [1.82, 2.24) is 15.0 Å². The number of hydrogen-bond donors (Lipinski definition) is 2. The third kappa shape index (κ3) is 5.23. The molecule has 0 bridgehead atoms. The highest BCUT2D eigenvalue weighted by atomic mass is 16.5. The zero-order chi connectivity index (χ0) is 22.3. The number of aromatic nitrogens is 3. The Balaban J connectivity index is 1.45. The van der Waals surface area contributed by atoms with E-state index in [0.29, 0.717) is 24.8 Å². The molecule has 1 saturated heterocycles. The molecule has 9 nitrogen and oxygen atoms in total. The van der Waals surface area contributed by atoms with E-state index >= 15 is 0 Å². The van der Waals surface area contributed by atoms with Crippen molar-refractivity contribution >= 4 is 23.4 Å². The van der Waals surface area contributed by atoms with Crippen LogP contribution in [0.1, 0.15) is 30.1 Å². The normalized spacial score (nSPS) is 15.8.